The van der Waals surface area contributed by atoms with Crippen LogP contribution >= 0.6 is 0 Å². The van der Waals surface area contributed by atoms with Crippen molar-refractivity contribution in [2.24, 2.45) is 0 Å². The molecule has 2 aromatic carbocycles. The predicted octanol–water partition coefficient (Wildman–Crippen LogP) is 4.25. The Morgan fingerprint density at radius 1 is 1.00 bits per heavy atom. The van der Waals surface area contributed by atoms with Crippen molar-refractivity contribution >= 4 is 0 Å². The molecule has 106 valence electrons. The molecule has 0 aliphatic carbocycles. The minimum Gasteiger partial charge on any atom is -0.307 e. The first kappa shape index (κ1) is 14.7. The summed E-state index contributed by atoms with van der Waals surface area (Å²) >= 11 is 0. The van der Waals surface area contributed by atoms with Crippen LogP contribution in [0.1, 0.15) is 31.0 Å². The summed E-state index contributed by atoms with van der Waals surface area (Å²) < 4.78 is 26.9. The average molecular weight is 275 g/mol. The van der Waals surface area contributed by atoms with E-state index in [0.29, 0.717) is 5.56 Å². The molecule has 0 aliphatic heterocycles. The molecule has 0 aromatic heterocycles. The smallest absolute Gasteiger partial charge is 0.128 e. The van der Waals surface area contributed by atoms with Gasteiger partial charge in [0, 0.05) is 17.6 Å². The number of hydrogen-bond acceptors (Lipinski definition) is 1. The normalized spacial score (nSPS) is 14.0. The third kappa shape index (κ3) is 3.87. The molecule has 0 heterocycles. The molecule has 1 N–H and O–H groups in total. The third-order valence-electron chi connectivity index (χ3n) is 3.34. The molecule has 0 saturated carbocycles. The number of halogens is 2. The summed E-state index contributed by atoms with van der Waals surface area (Å²) in [6.07, 6.45) is 0.849. The Bertz CT molecular complexity index is 554. The van der Waals surface area contributed by atoms with E-state index >= 15 is 0 Å². The van der Waals surface area contributed by atoms with Crippen molar-refractivity contribution in [2.75, 3.05) is 0 Å². The van der Waals surface area contributed by atoms with E-state index in [-0.39, 0.29) is 17.9 Å². The number of hydrogen-bond donors (Lipinski definition) is 1. The summed E-state index contributed by atoms with van der Waals surface area (Å²) in [6, 6.07) is 13.6. The maximum Gasteiger partial charge on any atom is 0.128 e. The highest BCUT2D eigenvalue weighted by atomic mass is 19.1. The van der Waals surface area contributed by atoms with Crippen LogP contribution in [0.4, 0.5) is 8.78 Å². The van der Waals surface area contributed by atoms with Crippen molar-refractivity contribution in [2.45, 2.75) is 32.4 Å². The lowest BCUT2D eigenvalue weighted by Gasteiger charge is -2.21. The first-order valence-electron chi connectivity index (χ1n) is 6.81. The van der Waals surface area contributed by atoms with Gasteiger partial charge in [0.15, 0.2) is 0 Å². The van der Waals surface area contributed by atoms with Crippen LogP contribution in [0.2, 0.25) is 0 Å². The molecular formula is C17H19F2N. The van der Waals surface area contributed by atoms with Crippen LogP contribution in [0.25, 0.3) is 0 Å². The largest absolute Gasteiger partial charge is 0.307 e. The van der Waals surface area contributed by atoms with Gasteiger partial charge >= 0.3 is 0 Å². The van der Waals surface area contributed by atoms with Gasteiger partial charge in [0.25, 0.3) is 0 Å². The van der Waals surface area contributed by atoms with E-state index in [1.807, 2.05) is 32.0 Å². The Hall–Kier alpha value is -1.74. The van der Waals surface area contributed by atoms with Crippen molar-refractivity contribution in [3.8, 4) is 0 Å². The maximum atomic E-state index is 13.7. The predicted molar refractivity (Wildman–Crippen MR) is 77.5 cm³/mol. The molecule has 20 heavy (non-hydrogen) atoms. The minimum absolute atomic E-state index is 0.176. The molecular weight excluding hydrogens is 256 g/mol. The molecule has 0 saturated heterocycles. The van der Waals surface area contributed by atoms with E-state index in [0.717, 1.165) is 12.5 Å². The average Bonchev–Trinajstić information content (AvgIpc) is 2.42. The molecule has 0 aliphatic rings. The maximum absolute atomic E-state index is 13.7. The number of benzene rings is 2. The topological polar surface area (TPSA) is 12.0 Å². The highest BCUT2D eigenvalue weighted by Crippen LogP contribution is 2.19. The van der Waals surface area contributed by atoms with Gasteiger partial charge in [-0.1, -0.05) is 30.3 Å². The van der Waals surface area contributed by atoms with E-state index in [4.69, 9.17) is 0 Å². The second kappa shape index (κ2) is 6.62. The quantitative estimate of drug-likeness (QED) is 0.860. The van der Waals surface area contributed by atoms with Gasteiger partial charge < -0.3 is 5.32 Å². The molecule has 2 unspecified atom stereocenters. The first-order valence-corrected chi connectivity index (χ1v) is 6.81. The van der Waals surface area contributed by atoms with E-state index in [1.165, 1.54) is 17.7 Å². The van der Waals surface area contributed by atoms with Crippen LogP contribution in [0.3, 0.4) is 0 Å². The van der Waals surface area contributed by atoms with Crippen LogP contribution in [-0.4, -0.2) is 6.04 Å². The second-order valence-electron chi connectivity index (χ2n) is 5.14. The minimum atomic E-state index is -0.411. The lowest BCUT2D eigenvalue weighted by molar-refractivity contribution is 0.457. The summed E-state index contributed by atoms with van der Waals surface area (Å²) in [5.41, 5.74) is 1.59. The Labute approximate surface area is 118 Å². The summed E-state index contributed by atoms with van der Waals surface area (Å²) in [5, 5.41) is 3.31. The Kier molecular flexibility index (Phi) is 4.85. The highest BCUT2D eigenvalue weighted by Gasteiger charge is 2.14. The zero-order valence-corrected chi connectivity index (χ0v) is 11.7. The first-order chi connectivity index (χ1) is 9.56. The number of nitrogens with one attached hydrogen (secondary N) is 1. The van der Waals surface area contributed by atoms with Gasteiger partial charge in [0.1, 0.15) is 11.6 Å². The van der Waals surface area contributed by atoms with Crippen LogP contribution in [0.5, 0.6) is 0 Å². The van der Waals surface area contributed by atoms with E-state index in [2.05, 4.69) is 17.4 Å². The fourth-order valence-corrected chi connectivity index (χ4v) is 2.39. The van der Waals surface area contributed by atoms with Gasteiger partial charge in [-0.3, -0.25) is 0 Å². The molecule has 0 spiro atoms. The lowest BCUT2D eigenvalue weighted by atomic mass is 10.0. The summed E-state index contributed by atoms with van der Waals surface area (Å²) in [7, 11) is 0. The molecule has 0 fully saturated rings. The van der Waals surface area contributed by atoms with Crippen LogP contribution < -0.4 is 5.32 Å². The van der Waals surface area contributed by atoms with E-state index < -0.39 is 5.82 Å². The molecule has 2 aromatic rings. The molecule has 3 heteroatoms. The summed E-state index contributed by atoms with van der Waals surface area (Å²) in [6.45, 7) is 3.89. The van der Waals surface area contributed by atoms with Crippen LogP contribution in [0, 0.1) is 11.6 Å². The van der Waals surface area contributed by atoms with E-state index in [9.17, 15) is 8.78 Å². The van der Waals surface area contributed by atoms with Gasteiger partial charge in [-0.05, 0) is 44.0 Å². The molecule has 2 rings (SSSR count). The van der Waals surface area contributed by atoms with Crippen LogP contribution in [-0.2, 0) is 6.42 Å². The molecule has 2 atom stereocenters. The Morgan fingerprint density at radius 3 is 2.40 bits per heavy atom. The zero-order valence-electron chi connectivity index (χ0n) is 11.7. The molecule has 0 radical (unpaired) electrons. The zero-order chi connectivity index (χ0) is 14.5. The van der Waals surface area contributed by atoms with Crippen molar-refractivity contribution in [3.63, 3.8) is 0 Å². The fourth-order valence-electron chi connectivity index (χ4n) is 2.39. The second-order valence-corrected chi connectivity index (χ2v) is 5.14. The van der Waals surface area contributed by atoms with Gasteiger partial charge in [0.2, 0.25) is 0 Å². The van der Waals surface area contributed by atoms with Crippen molar-refractivity contribution < 1.29 is 8.78 Å². The van der Waals surface area contributed by atoms with Gasteiger partial charge in [-0.2, -0.15) is 0 Å². The fraction of sp³-hybridized carbons (Fsp3) is 0.294. The third-order valence-corrected chi connectivity index (χ3v) is 3.34. The Balaban J connectivity index is 2.00. The molecule has 0 bridgehead atoms. The summed E-state index contributed by atoms with van der Waals surface area (Å²) in [4.78, 5) is 0. The van der Waals surface area contributed by atoms with Crippen LogP contribution in [0.15, 0.2) is 48.5 Å². The Morgan fingerprint density at radius 2 is 1.70 bits per heavy atom. The van der Waals surface area contributed by atoms with E-state index in [1.54, 1.807) is 0 Å². The van der Waals surface area contributed by atoms with Gasteiger partial charge in [0.05, 0.1) is 0 Å². The standard InChI is InChI=1S/C17H19F2N/c1-12(10-14-6-4-3-5-7-14)20-13(2)16-11-15(18)8-9-17(16)19/h3-9,11-13,20H,10H2,1-2H3. The number of rotatable bonds is 5. The highest BCUT2D eigenvalue weighted by molar-refractivity contribution is 5.22. The van der Waals surface area contributed by atoms with Crippen molar-refractivity contribution in [1.82, 2.24) is 5.32 Å². The monoisotopic (exact) mass is 275 g/mol. The van der Waals surface area contributed by atoms with Crippen molar-refractivity contribution in [3.05, 3.63) is 71.3 Å². The van der Waals surface area contributed by atoms with Gasteiger partial charge in [-0.25, -0.2) is 8.78 Å². The van der Waals surface area contributed by atoms with Crippen molar-refractivity contribution in [1.29, 1.82) is 0 Å². The SMILES string of the molecule is CC(Cc1ccccc1)NC(C)c1cc(F)ccc1F. The summed E-state index contributed by atoms with van der Waals surface area (Å²) in [5.74, 6) is -0.788. The molecule has 1 nitrogen and oxygen atoms in total. The lowest BCUT2D eigenvalue weighted by Crippen LogP contribution is -2.31. The van der Waals surface area contributed by atoms with Gasteiger partial charge in [-0.15, -0.1) is 0 Å². The molecule has 0 amide bonds.